The number of benzene rings is 2. The molecule has 0 aliphatic heterocycles. The Morgan fingerprint density at radius 3 is 1.04 bits per heavy atom. The highest BCUT2D eigenvalue weighted by Crippen LogP contribution is 2.17. The maximum atomic E-state index is 10.4. The van der Waals surface area contributed by atoms with E-state index in [0.29, 0.717) is 0 Å². The molecule has 4 heteroatoms. The first-order valence-electron chi connectivity index (χ1n) is 7.90. The van der Waals surface area contributed by atoms with E-state index in [2.05, 4.69) is 60.2 Å². The summed E-state index contributed by atoms with van der Waals surface area (Å²) in [4.78, 5) is 3.25. The lowest BCUT2D eigenvalue weighted by molar-refractivity contribution is -0.110. The van der Waals surface area contributed by atoms with Gasteiger partial charge >= 0.3 is 6.18 Å². The van der Waals surface area contributed by atoms with Crippen molar-refractivity contribution in [2.45, 2.75) is 40.8 Å². The normalized spacial score (nSPS) is 8.38. The van der Waals surface area contributed by atoms with E-state index >= 15 is 0 Å². The summed E-state index contributed by atoms with van der Waals surface area (Å²) < 4.78 is 31.1. The van der Waals surface area contributed by atoms with Gasteiger partial charge in [0.2, 0.25) is 0 Å². The highest BCUT2D eigenvalue weighted by atomic mass is 19.4. The molecule has 0 unspecified atom stereocenters. The summed E-state index contributed by atoms with van der Waals surface area (Å²) in [5.74, 6) is 0. The second-order valence-electron chi connectivity index (χ2n) is 3.83. The lowest BCUT2D eigenvalue weighted by atomic mass is 10.1. The van der Waals surface area contributed by atoms with Crippen LogP contribution < -0.4 is 0 Å². The zero-order valence-electron chi connectivity index (χ0n) is 15.6. The number of halogens is 3. The standard InChI is InChI=1S/C12H10.C2H3F3.C2H5N.2C2H6/c1-3-7-11(8-4-1)12-9-5-2-6-10-12;1-2(3,4)5;1-3-2;2*1-2/h1-10H;1H3;1H2,2H3;2*1-2H3. The molecule has 0 amide bonds. The maximum Gasteiger partial charge on any atom is 0.386 e. The van der Waals surface area contributed by atoms with Gasteiger partial charge in [-0.3, -0.25) is 0 Å². The predicted molar refractivity (Wildman–Crippen MR) is 102 cm³/mol. The Hall–Kier alpha value is -2.10. The van der Waals surface area contributed by atoms with Crippen LogP contribution in [-0.2, 0) is 0 Å². The first-order chi connectivity index (χ1) is 11.4. The summed E-state index contributed by atoms with van der Waals surface area (Å²) in [5.41, 5.74) is 2.55. The average Bonchev–Trinajstić information content (AvgIpc) is 2.59. The second kappa shape index (κ2) is 18.9. The molecule has 2 aromatic carbocycles. The van der Waals surface area contributed by atoms with Crippen molar-refractivity contribution in [3.05, 3.63) is 60.7 Å². The number of rotatable bonds is 1. The van der Waals surface area contributed by atoms with Crippen LogP contribution >= 0.6 is 0 Å². The Balaban J connectivity index is -0.000000311. The van der Waals surface area contributed by atoms with Gasteiger partial charge in [0.25, 0.3) is 0 Å². The molecule has 24 heavy (non-hydrogen) atoms. The van der Waals surface area contributed by atoms with Crippen LogP contribution in [0.1, 0.15) is 34.6 Å². The molecule has 0 saturated carbocycles. The van der Waals surface area contributed by atoms with Crippen LogP contribution in [-0.4, -0.2) is 19.9 Å². The van der Waals surface area contributed by atoms with E-state index < -0.39 is 6.18 Å². The van der Waals surface area contributed by atoms with Crippen LogP contribution in [0, 0.1) is 0 Å². The molecule has 0 saturated heterocycles. The van der Waals surface area contributed by atoms with Crippen LogP contribution in [0.4, 0.5) is 13.2 Å². The van der Waals surface area contributed by atoms with Gasteiger partial charge in [0.1, 0.15) is 0 Å². The van der Waals surface area contributed by atoms with Gasteiger partial charge in [0.05, 0.1) is 0 Å². The third kappa shape index (κ3) is 22.2. The van der Waals surface area contributed by atoms with Crippen LogP contribution in [0.15, 0.2) is 65.7 Å². The molecular weight excluding hydrogens is 311 g/mol. The van der Waals surface area contributed by atoms with Crippen molar-refractivity contribution in [1.29, 1.82) is 0 Å². The molecule has 0 aliphatic rings. The molecule has 0 atom stereocenters. The summed E-state index contributed by atoms with van der Waals surface area (Å²) >= 11 is 0. The summed E-state index contributed by atoms with van der Waals surface area (Å²) in [6.45, 7) is 11.3. The van der Waals surface area contributed by atoms with Crippen molar-refractivity contribution >= 4 is 6.72 Å². The Morgan fingerprint density at radius 2 is 0.875 bits per heavy atom. The lowest BCUT2D eigenvalue weighted by Gasteiger charge is -1.98. The van der Waals surface area contributed by atoms with Gasteiger partial charge in [0.15, 0.2) is 0 Å². The van der Waals surface area contributed by atoms with Crippen molar-refractivity contribution in [1.82, 2.24) is 0 Å². The van der Waals surface area contributed by atoms with Crippen LogP contribution in [0.25, 0.3) is 11.1 Å². The van der Waals surface area contributed by atoms with Gasteiger partial charge < -0.3 is 4.99 Å². The van der Waals surface area contributed by atoms with Gasteiger partial charge in [-0.15, -0.1) is 0 Å². The molecule has 1 nitrogen and oxygen atoms in total. The summed E-state index contributed by atoms with van der Waals surface area (Å²) in [6, 6.07) is 20.8. The monoisotopic (exact) mass is 341 g/mol. The van der Waals surface area contributed by atoms with Crippen LogP contribution in [0.5, 0.6) is 0 Å². The van der Waals surface area contributed by atoms with Gasteiger partial charge in [-0.05, 0) is 17.8 Å². The molecule has 0 aromatic heterocycles. The molecule has 0 radical (unpaired) electrons. The SMILES string of the molecule is C=NC.CC.CC.CC(F)(F)F.c1ccc(-c2ccccc2)cc1. The van der Waals surface area contributed by atoms with Crippen molar-refractivity contribution in [2.24, 2.45) is 4.99 Å². The van der Waals surface area contributed by atoms with Gasteiger partial charge in [-0.1, -0.05) is 88.4 Å². The van der Waals surface area contributed by atoms with E-state index in [1.165, 1.54) is 11.1 Å². The number of hydrogen-bond acceptors (Lipinski definition) is 1. The molecule has 0 spiro atoms. The third-order valence-corrected chi connectivity index (χ3v) is 1.88. The topological polar surface area (TPSA) is 12.4 Å². The van der Waals surface area contributed by atoms with E-state index in [4.69, 9.17) is 0 Å². The fourth-order valence-corrected chi connectivity index (χ4v) is 1.26. The lowest BCUT2D eigenvalue weighted by Crippen LogP contribution is -1.95. The first-order valence-corrected chi connectivity index (χ1v) is 7.90. The molecule has 0 N–H and O–H groups in total. The van der Waals surface area contributed by atoms with Gasteiger partial charge in [-0.25, -0.2) is 0 Å². The molecule has 0 bridgehead atoms. The highest BCUT2D eigenvalue weighted by molar-refractivity contribution is 5.62. The Kier molecular flexibility index (Phi) is 21.1. The predicted octanol–water partition coefficient (Wildman–Crippen LogP) is 7.29. The van der Waals surface area contributed by atoms with E-state index in [9.17, 15) is 13.2 Å². The zero-order chi connectivity index (χ0) is 19.4. The number of nitrogens with zero attached hydrogens (tertiary/aromatic N) is 1. The largest absolute Gasteiger partial charge is 0.386 e. The molecule has 2 rings (SSSR count). The number of alkyl halides is 3. The van der Waals surface area contributed by atoms with Crippen molar-refractivity contribution in [2.75, 3.05) is 7.05 Å². The van der Waals surface area contributed by atoms with Crippen molar-refractivity contribution in [3.8, 4) is 11.1 Å². The Morgan fingerprint density at radius 1 is 0.708 bits per heavy atom. The minimum Gasteiger partial charge on any atom is -0.304 e. The fourth-order valence-electron chi connectivity index (χ4n) is 1.26. The fraction of sp³-hybridized carbons (Fsp3) is 0.350. The van der Waals surface area contributed by atoms with E-state index in [1.54, 1.807) is 7.05 Å². The molecule has 2 aromatic rings. The average molecular weight is 341 g/mol. The van der Waals surface area contributed by atoms with Crippen LogP contribution in [0.3, 0.4) is 0 Å². The maximum absolute atomic E-state index is 10.4. The molecule has 0 heterocycles. The Bertz CT molecular complexity index is 422. The summed E-state index contributed by atoms with van der Waals surface area (Å²) in [5, 5.41) is 0. The minimum atomic E-state index is -4.00. The summed E-state index contributed by atoms with van der Waals surface area (Å²) in [6.07, 6.45) is -4.00. The molecule has 136 valence electrons. The number of hydrogen-bond donors (Lipinski definition) is 0. The summed E-state index contributed by atoms with van der Waals surface area (Å²) in [7, 11) is 1.64. The highest BCUT2D eigenvalue weighted by Gasteiger charge is 2.15. The van der Waals surface area contributed by atoms with Crippen molar-refractivity contribution < 1.29 is 13.2 Å². The number of aliphatic imine (C=N–C) groups is 1. The Labute approximate surface area is 145 Å². The quantitative estimate of drug-likeness (QED) is 0.483. The molecule has 0 fully saturated rings. The minimum absolute atomic E-state index is 0.188. The van der Waals surface area contributed by atoms with E-state index in [0.717, 1.165) is 0 Å². The van der Waals surface area contributed by atoms with Crippen LogP contribution in [0.2, 0.25) is 0 Å². The zero-order valence-corrected chi connectivity index (χ0v) is 15.6. The van der Waals surface area contributed by atoms with Gasteiger partial charge in [-0.2, -0.15) is 13.2 Å². The second-order valence-corrected chi connectivity index (χ2v) is 3.83. The first kappa shape index (κ1) is 26.8. The van der Waals surface area contributed by atoms with Crippen molar-refractivity contribution in [3.63, 3.8) is 0 Å². The third-order valence-electron chi connectivity index (χ3n) is 1.88. The van der Waals surface area contributed by atoms with Gasteiger partial charge in [0, 0.05) is 14.0 Å². The van der Waals surface area contributed by atoms with E-state index in [-0.39, 0.29) is 6.92 Å². The van der Waals surface area contributed by atoms with E-state index in [1.807, 2.05) is 39.8 Å². The molecule has 0 aliphatic carbocycles. The smallest absolute Gasteiger partial charge is 0.304 e. The molecular formula is C20H30F3N.